The molecule has 142 valence electrons. The molecule has 0 amide bonds. The minimum atomic E-state index is -0.703. The third-order valence-electron chi connectivity index (χ3n) is 4.83. The van der Waals surface area contributed by atoms with Crippen molar-refractivity contribution in [2.24, 2.45) is 11.7 Å². The van der Waals surface area contributed by atoms with Crippen molar-refractivity contribution in [1.82, 2.24) is 0 Å². The van der Waals surface area contributed by atoms with E-state index in [0.717, 1.165) is 11.3 Å². The normalized spacial score (nSPS) is 18.9. The van der Waals surface area contributed by atoms with Crippen LogP contribution in [0.25, 0.3) is 0 Å². The highest BCUT2D eigenvalue weighted by molar-refractivity contribution is 7.50. The lowest BCUT2D eigenvalue weighted by atomic mass is 9.87. The van der Waals surface area contributed by atoms with E-state index in [-0.39, 0.29) is 10.9 Å². The van der Waals surface area contributed by atoms with Gasteiger partial charge in [-0.1, -0.05) is 35.3 Å². The molecule has 0 fully saturated rings. The van der Waals surface area contributed by atoms with Crippen LogP contribution in [0.1, 0.15) is 26.3 Å². The van der Waals surface area contributed by atoms with Gasteiger partial charge in [0.25, 0.3) is 0 Å². The molecule has 1 aromatic heterocycles. The molecular formula is C21H17Cl2N2O2S+. The number of rotatable bonds is 4. The number of nitrogens with one attached hydrogen (secondary N) is 1. The lowest BCUT2D eigenvalue weighted by Gasteiger charge is -2.28. The summed E-state index contributed by atoms with van der Waals surface area (Å²) >= 11 is 12.1. The Hall–Kier alpha value is -2.18. The largest absolute Gasteiger partial charge is 0.386 e. The number of carbonyl (C=O) groups excluding carboxylic acids is 2. The standard InChI is InChI=1S/C21H17Cl2N2O2S/c22-14-7-5-12(6-8-14)21(27)28-10-13-9-16(20(24)25-18(13)11-28)19(26)15-3-1-2-4-17(15)23/h1-8,10-11,16,20,25H,9,24H2/q+1. The van der Waals surface area contributed by atoms with Crippen molar-refractivity contribution in [3.8, 4) is 0 Å². The summed E-state index contributed by atoms with van der Waals surface area (Å²) in [5.41, 5.74) is 9.08. The van der Waals surface area contributed by atoms with Crippen molar-refractivity contribution in [3.05, 3.63) is 86.0 Å². The van der Waals surface area contributed by atoms with Gasteiger partial charge in [-0.2, -0.15) is 0 Å². The lowest BCUT2D eigenvalue weighted by molar-refractivity contribution is 0.0903. The first-order chi connectivity index (χ1) is 13.4. The maximum Gasteiger partial charge on any atom is 0.386 e. The summed E-state index contributed by atoms with van der Waals surface area (Å²) in [4.78, 5) is 25.8. The predicted molar refractivity (Wildman–Crippen MR) is 115 cm³/mol. The first kappa shape index (κ1) is 19.2. The van der Waals surface area contributed by atoms with Crippen LogP contribution in [0.3, 0.4) is 0 Å². The van der Waals surface area contributed by atoms with Gasteiger partial charge in [0.1, 0.15) is 0 Å². The predicted octanol–water partition coefficient (Wildman–Crippen LogP) is 5.18. The van der Waals surface area contributed by atoms with Crippen LogP contribution < -0.4 is 11.1 Å². The molecule has 28 heavy (non-hydrogen) atoms. The summed E-state index contributed by atoms with van der Waals surface area (Å²) in [5.74, 6) is -0.543. The highest BCUT2D eigenvalue weighted by Crippen LogP contribution is 2.38. The Morgan fingerprint density at radius 1 is 1.04 bits per heavy atom. The van der Waals surface area contributed by atoms with Crippen molar-refractivity contribution in [3.63, 3.8) is 0 Å². The van der Waals surface area contributed by atoms with Crippen LogP contribution in [0.2, 0.25) is 10.0 Å². The van der Waals surface area contributed by atoms with E-state index in [1.54, 1.807) is 48.5 Å². The molecule has 7 heteroatoms. The van der Waals surface area contributed by atoms with Crippen molar-refractivity contribution >= 4 is 50.3 Å². The second-order valence-electron chi connectivity index (χ2n) is 6.67. The van der Waals surface area contributed by atoms with Crippen LogP contribution in [0.5, 0.6) is 0 Å². The van der Waals surface area contributed by atoms with Crippen molar-refractivity contribution in [2.75, 3.05) is 5.32 Å². The fourth-order valence-corrected chi connectivity index (χ4v) is 5.38. The zero-order valence-corrected chi connectivity index (χ0v) is 17.0. The fraction of sp³-hybridized carbons (Fsp3) is 0.143. The molecule has 2 aromatic carbocycles. The Kier molecular flexibility index (Phi) is 5.25. The van der Waals surface area contributed by atoms with Crippen LogP contribution in [0, 0.1) is 5.92 Å². The van der Waals surface area contributed by atoms with Gasteiger partial charge in [0, 0.05) is 16.1 Å². The number of Topliss-reactive ketones (excluding diaryl/α,β-unsaturated/α-hetero) is 1. The van der Waals surface area contributed by atoms with E-state index in [1.165, 1.54) is 0 Å². The molecule has 0 spiro atoms. The number of fused-ring (bicyclic) bond motifs is 1. The average Bonchev–Trinajstić information content (AvgIpc) is 3.10. The summed E-state index contributed by atoms with van der Waals surface area (Å²) in [6.07, 6.45) is -0.0667. The molecule has 1 aliphatic heterocycles. The molecular weight excluding hydrogens is 415 g/mol. The monoisotopic (exact) mass is 431 g/mol. The quantitative estimate of drug-likeness (QED) is 0.440. The lowest BCUT2D eigenvalue weighted by Crippen LogP contribution is -2.45. The van der Waals surface area contributed by atoms with E-state index >= 15 is 0 Å². The first-order valence-corrected chi connectivity index (χ1v) is 10.8. The zero-order chi connectivity index (χ0) is 19.8. The summed E-state index contributed by atoms with van der Waals surface area (Å²) in [5, 5.41) is 8.02. The summed E-state index contributed by atoms with van der Waals surface area (Å²) in [6, 6.07) is 13.8. The van der Waals surface area contributed by atoms with Crippen LogP contribution in [-0.2, 0) is 6.42 Å². The first-order valence-electron chi connectivity index (χ1n) is 8.69. The third kappa shape index (κ3) is 3.59. The summed E-state index contributed by atoms with van der Waals surface area (Å²) in [7, 11) is -0.703. The van der Waals surface area contributed by atoms with Gasteiger partial charge in [-0.25, -0.2) is 4.79 Å². The van der Waals surface area contributed by atoms with E-state index in [4.69, 9.17) is 28.9 Å². The van der Waals surface area contributed by atoms with E-state index < -0.39 is 22.6 Å². The Bertz CT molecular complexity index is 1060. The highest BCUT2D eigenvalue weighted by atomic mass is 35.5. The van der Waals surface area contributed by atoms with Gasteiger partial charge in [0.2, 0.25) is 0 Å². The molecule has 1 aliphatic rings. The van der Waals surface area contributed by atoms with Crippen molar-refractivity contribution in [1.29, 1.82) is 0 Å². The van der Waals surface area contributed by atoms with Gasteiger partial charge in [-0.05, 0) is 42.8 Å². The van der Waals surface area contributed by atoms with E-state index in [2.05, 4.69) is 5.32 Å². The van der Waals surface area contributed by atoms with Crippen LogP contribution in [0.15, 0.2) is 59.3 Å². The number of nitrogens with two attached hydrogens (primary N) is 1. The number of carbonyl (C=O) groups is 2. The van der Waals surface area contributed by atoms with Gasteiger partial charge in [-0.3, -0.25) is 4.79 Å². The van der Waals surface area contributed by atoms with Gasteiger partial charge in [-0.15, -0.1) is 0 Å². The maximum atomic E-state index is 13.0. The molecule has 2 heterocycles. The Labute approximate surface area is 175 Å². The van der Waals surface area contributed by atoms with Crippen LogP contribution in [-0.4, -0.2) is 17.1 Å². The molecule has 3 atom stereocenters. The number of ketones is 1. The third-order valence-corrected chi connectivity index (χ3v) is 7.10. The maximum absolute atomic E-state index is 13.0. The second-order valence-corrected chi connectivity index (χ2v) is 9.09. The molecule has 3 aromatic rings. The molecule has 4 rings (SSSR count). The van der Waals surface area contributed by atoms with E-state index in [1.807, 2.05) is 10.8 Å². The SMILES string of the molecule is NC1Nc2c[s+](C(=O)c3ccc(Cl)cc3)cc2CC1C(=O)c1ccccc1Cl. The summed E-state index contributed by atoms with van der Waals surface area (Å²) < 4.78 is 0. The van der Waals surface area contributed by atoms with Gasteiger partial charge in [0.05, 0.1) is 38.8 Å². The number of benzene rings is 2. The van der Waals surface area contributed by atoms with Gasteiger partial charge < -0.3 is 11.1 Å². The molecule has 3 N–H and O–H groups in total. The Balaban J connectivity index is 1.60. The Morgan fingerprint density at radius 3 is 2.46 bits per heavy atom. The summed E-state index contributed by atoms with van der Waals surface area (Å²) in [6.45, 7) is 0. The van der Waals surface area contributed by atoms with Gasteiger partial charge >= 0.3 is 5.12 Å². The minimum Gasteiger partial charge on any atom is -0.365 e. The number of hydrogen-bond acceptors (Lipinski definition) is 4. The highest BCUT2D eigenvalue weighted by Gasteiger charge is 2.36. The number of thiophene rings is 1. The van der Waals surface area contributed by atoms with Crippen molar-refractivity contribution in [2.45, 2.75) is 12.6 Å². The van der Waals surface area contributed by atoms with Crippen LogP contribution in [0.4, 0.5) is 5.69 Å². The molecule has 0 saturated heterocycles. The number of hydrogen-bond donors (Lipinski definition) is 2. The Morgan fingerprint density at radius 2 is 1.75 bits per heavy atom. The number of anilines is 1. The fourth-order valence-electron chi connectivity index (χ4n) is 3.33. The molecule has 0 saturated carbocycles. The molecule has 3 unspecified atom stereocenters. The molecule has 0 radical (unpaired) electrons. The van der Waals surface area contributed by atoms with E-state index in [0.29, 0.717) is 27.6 Å². The minimum absolute atomic E-state index is 0.00965. The van der Waals surface area contributed by atoms with E-state index in [9.17, 15) is 9.59 Å². The molecule has 0 bridgehead atoms. The average molecular weight is 432 g/mol. The van der Waals surface area contributed by atoms with Gasteiger partial charge in [0.15, 0.2) is 16.5 Å². The molecule has 4 nitrogen and oxygen atoms in total. The zero-order valence-electron chi connectivity index (χ0n) is 14.7. The topological polar surface area (TPSA) is 72.2 Å². The number of halogens is 2. The molecule has 0 aliphatic carbocycles. The van der Waals surface area contributed by atoms with Crippen LogP contribution >= 0.6 is 33.7 Å². The van der Waals surface area contributed by atoms with Crippen molar-refractivity contribution < 1.29 is 9.59 Å². The second kappa shape index (κ2) is 7.68. The smallest absolute Gasteiger partial charge is 0.365 e.